The number of nitrogens with one attached hydrogen (secondary N) is 1. The van der Waals surface area contributed by atoms with Crippen molar-refractivity contribution in [1.82, 2.24) is 9.62 Å². The topological polar surface area (TPSA) is 75.7 Å². The van der Waals surface area contributed by atoms with Crippen LogP contribution < -0.4 is 5.32 Å². The second-order valence-electron chi connectivity index (χ2n) is 4.99. The monoisotopic (exact) mass is 328 g/mol. The number of amides is 1. The van der Waals surface area contributed by atoms with Crippen LogP contribution >= 0.6 is 0 Å². The maximum Gasteiger partial charge on any atom is 0.220 e. The van der Waals surface area contributed by atoms with E-state index in [1.54, 1.807) is 0 Å². The maximum atomic E-state index is 11.8. The van der Waals surface area contributed by atoms with Gasteiger partial charge in [0, 0.05) is 33.2 Å². The molecule has 1 aromatic rings. The van der Waals surface area contributed by atoms with E-state index >= 15 is 0 Å². The number of carbonyl (C=O) groups is 1. The Labute approximate surface area is 132 Å². The first kappa shape index (κ1) is 18.6. The molecule has 0 radical (unpaired) electrons. The first-order valence-corrected chi connectivity index (χ1v) is 9.03. The summed E-state index contributed by atoms with van der Waals surface area (Å²) in [6, 6.07) is 9.76. The normalized spacial score (nSPS) is 11.6. The third-order valence-electron chi connectivity index (χ3n) is 3.18. The Morgan fingerprint density at radius 2 is 1.91 bits per heavy atom. The lowest BCUT2D eigenvalue weighted by Gasteiger charge is -2.19. The van der Waals surface area contributed by atoms with Crippen LogP contribution in [0.3, 0.4) is 0 Å². The molecule has 0 saturated carbocycles. The molecule has 0 aromatic heterocycles. The number of sulfonamides is 1. The lowest BCUT2D eigenvalue weighted by molar-refractivity contribution is -0.121. The summed E-state index contributed by atoms with van der Waals surface area (Å²) in [6.45, 7) is 1.16. The predicted octanol–water partition coefficient (Wildman–Crippen LogP) is 0.643. The highest BCUT2D eigenvalue weighted by atomic mass is 32.2. The summed E-state index contributed by atoms with van der Waals surface area (Å²) in [5.74, 6) is -0.0796. The Balaban J connectivity index is 2.30. The minimum absolute atomic E-state index is 0.0796. The first-order chi connectivity index (χ1) is 10.4. The molecular formula is C15H24N2O4S. The van der Waals surface area contributed by atoms with E-state index in [2.05, 4.69) is 5.32 Å². The van der Waals surface area contributed by atoms with Crippen LogP contribution in [0.2, 0.25) is 0 Å². The minimum atomic E-state index is -3.29. The first-order valence-electron chi connectivity index (χ1n) is 7.18. The Hall–Kier alpha value is -1.44. The summed E-state index contributed by atoms with van der Waals surface area (Å²) < 4.78 is 29.4. The molecule has 1 amide bonds. The molecular weight excluding hydrogens is 304 g/mol. The molecule has 0 spiro atoms. The van der Waals surface area contributed by atoms with Crippen LogP contribution in [0.15, 0.2) is 30.3 Å². The van der Waals surface area contributed by atoms with Crippen LogP contribution in [0.4, 0.5) is 0 Å². The summed E-state index contributed by atoms with van der Waals surface area (Å²) >= 11 is 0. The average molecular weight is 328 g/mol. The maximum absolute atomic E-state index is 11.8. The Bertz CT molecular complexity index is 546. The third-order valence-corrected chi connectivity index (χ3v) is 4.48. The molecule has 22 heavy (non-hydrogen) atoms. The van der Waals surface area contributed by atoms with E-state index < -0.39 is 10.0 Å². The van der Waals surface area contributed by atoms with E-state index in [1.807, 2.05) is 30.3 Å². The fourth-order valence-electron chi connectivity index (χ4n) is 1.95. The number of carbonyl (C=O) groups excluding carboxylic acids is 1. The van der Waals surface area contributed by atoms with Gasteiger partial charge in [0.1, 0.15) is 0 Å². The molecule has 0 atom stereocenters. The highest BCUT2D eigenvalue weighted by Crippen LogP contribution is 2.02. The molecule has 0 aliphatic carbocycles. The molecule has 1 rings (SSSR count). The summed E-state index contributed by atoms with van der Waals surface area (Å²) in [5.41, 5.74) is 1.11. The van der Waals surface area contributed by atoms with Gasteiger partial charge in [-0.15, -0.1) is 0 Å². The molecule has 0 aliphatic heterocycles. The van der Waals surface area contributed by atoms with Crippen molar-refractivity contribution >= 4 is 15.9 Å². The van der Waals surface area contributed by atoms with Gasteiger partial charge in [-0.3, -0.25) is 4.79 Å². The van der Waals surface area contributed by atoms with Crippen LogP contribution in [0.5, 0.6) is 0 Å². The van der Waals surface area contributed by atoms with Gasteiger partial charge in [-0.2, -0.15) is 4.31 Å². The van der Waals surface area contributed by atoms with Crippen molar-refractivity contribution in [3.8, 4) is 0 Å². The number of nitrogens with zero attached hydrogens (tertiary/aromatic N) is 1. The molecule has 124 valence electrons. The number of methoxy groups -OCH3 is 1. The van der Waals surface area contributed by atoms with E-state index in [-0.39, 0.29) is 19.0 Å². The van der Waals surface area contributed by atoms with E-state index in [0.717, 1.165) is 11.8 Å². The van der Waals surface area contributed by atoms with E-state index in [4.69, 9.17) is 4.74 Å². The third kappa shape index (κ3) is 7.53. The molecule has 1 aromatic carbocycles. The number of benzene rings is 1. The van der Waals surface area contributed by atoms with E-state index in [1.165, 1.54) is 11.4 Å². The van der Waals surface area contributed by atoms with Crippen molar-refractivity contribution in [3.63, 3.8) is 0 Å². The standard InChI is InChI=1S/C15H24N2O4S/c1-21-13-12-17(22(2,19)20)11-10-16-15(18)9-8-14-6-4-3-5-7-14/h3-7H,8-13H2,1-2H3,(H,16,18). The molecule has 0 aliphatic rings. The van der Waals surface area contributed by atoms with Crippen LogP contribution in [0.25, 0.3) is 0 Å². The van der Waals surface area contributed by atoms with Gasteiger partial charge in [0.25, 0.3) is 0 Å². The average Bonchev–Trinajstić information content (AvgIpc) is 2.48. The van der Waals surface area contributed by atoms with Crippen molar-refractivity contribution in [1.29, 1.82) is 0 Å². The fourth-order valence-corrected chi connectivity index (χ4v) is 2.78. The van der Waals surface area contributed by atoms with Gasteiger partial charge in [0.2, 0.25) is 15.9 Å². The van der Waals surface area contributed by atoms with Crippen LogP contribution in [0, 0.1) is 0 Å². The molecule has 6 nitrogen and oxygen atoms in total. The minimum Gasteiger partial charge on any atom is -0.383 e. The molecule has 1 N–H and O–H groups in total. The molecule has 0 saturated heterocycles. The lowest BCUT2D eigenvalue weighted by atomic mass is 10.1. The number of hydrogen-bond acceptors (Lipinski definition) is 4. The second-order valence-corrected chi connectivity index (χ2v) is 6.97. The molecule has 7 heteroatoms. The van der Waals surface area contributed by atoms with Gasteiger partial charge in [-0.1, -0.05) is 30.3 Å². The summed E-state index contributed by atoms with van der Waals surface area (Å²) in [5, 5.41) is 2.75. The number of hydrogen-bond donors (Lipinski definition) is 1. The smallest absolute Gasteiger partial charge is 0.220 e. The molecule has 0 fully saturated rings. The zero-order valence-electron chi connectivity index (χ0n) is 13.1. The van der Waals surface area contributed by atoms with Gasteiger partial charge >= 0.3 is 0 Å². The Morgan fingerprint density at radius 1 is 1.23 bits per heavy atom. The quantitative estimate of drug-likeness (QED) is 0.684. The molecule has 0 heterocycles. The summed E-state index contributed by atoms with van der Waals surface area (Å²) in [6.07, 6.45) is 2.22. The Morgan fingerprint density at radius 3 is 2.50 bits per heavy atom. The van der Waals surface area contributed by atoms with Gasteiger partial charge in [-0.25, -0.2) is 8.42 Å². The SMILES string of the molecule is COCCN(CCNC(=O)CCc1ccccc1)S(C)(=O)=O. The summed E-state index contributed by atoms with van der Waals surface area (Å²) in [7, 11) is -1.77. The van der Waals surface area contributed by atoms with Crippen molar-refractivity contribution in [2.75, 3.05) is 39.6 Å². The van der Waals surface area contributed by atoms with Gasteiger partial charge in [0.05, 0.1) is 12.9 Å². The lowest BCUT2D eigenvalue weighted by Crippen LogP contribution is -2.39. The van der Waals surface area contributed by atoms with Crippen molar-refractivity contribution in [2.45, 2.75) is 12.8 Å². The number of aryl methyl sites for hydroxylation is 1. The molecule has 0 unspecified atom stereocenters. The zero-order chi connectivity index (χ0) is 16.4. The van der Waals surface area contributed by atoms with Crippen molar-refractivity contribution < 1.29 is 17.9 Å². The van der Waals surface area contributed by atoms with E-state index in [9.17, 15) is 13.2 Å². The van der Waals surface area contributed by atoms with Crippen LogP contribution in [0.1, 0.15) is 12.0 Å². The van der Waals surface area contributed by atoms with Crippen LogP contribution in [-0.4, -0.2) is 58.2 Å². The van der Waals surface area contributed by atoms with E-state index in [0.29, 0.717) is 26.0 Å². The highest BCUT2D eigenvalue weighted by Gasteiger charge is 2.15. The van der Waals surface area contributed by atoms with Gasteiger partial charge in [-0.05, 0) is 12.0 Å². The van der Waals surface area contributed by atoms with Gasteiger partial charge < -0.3 is 10.1 Å². The number of rotatable bonds is 10. The second kappa shape index (κ2) is 9.55. The van der Waals surface area contributed by atoms with Crippen molar-refractivity contribution in [2.24, 2.45) is 0 Å². The van der Waals surface area contributed by atoms with Crippen LogP contribution in [-0.2, 0) is 26.0 Å². The fraction of sp³-hybridized carbons (Fsp3) is 0.533. The Kier molecular flexibility index (Phi) is 8.08. The van der Waals surface area contributed by atoms with Crippen molar-refractivity contribution in [3.05, 3.63) is 35.9 Å². The predicted molar refractivity (Wildman–Crippen MR) is 86.1 cm³/mol. The van der Waals surface area contributed by atoms with Gasteiger partial charge in [0.15, 0.2) is 0 Å². The summed E-state index contributed by atoms with van der Waals surface area (Å²) in [4.78, 5) is 11.8. The largest absolute Gasteiger partial charge is 0.383 e. The highest BCUT2D eigenvalue weighted by molar-refractivity contribution is 7.88. The molecule has 0 bridgehead atoms. The zero-order valence-corrected chi connectivity index (χ0v) is 13.9. The number of ether oxygens (including phenoxy) is 1.